The average molecular weight is 573 g/mol. The van der Waals surface area contributed by atoms with Crippen LogP contribution in [0.4, 0.5) is 0 Å². The molecule has 0 unspecified atom stereocenters. The lowest BCUT2D eigenvalue weighted by Gasteiger charge is -2.31. The third kappa shape index (κ3) is 7.97. The Morgan fingerprint density at radius 3 is 2.41 bits per heavy atom. The van der Waals surface area contributed by atoms with Gasteiger partial charge in [-0.15, -0.1) is 0 Å². The third-order valence-electron chi connectivity index (χ3n) is 4.08. The van der Waals surface area contributed by atoms with Crippen LogP contribution in [0.1, 0.15) is 33.3 Å². The molecule has 1 N–H and O–H groups in total. The summed E-state index contributed by atoms with van der Waals surface area (Å²) in [5.74, 6) is 0.170. The third-order valence-corrected chi connectivity index (χ3v) is 5.30. The Bertz CT molecular complexity index is 850. The Labute approximate surface area is 194 Å². The monoisotopic (exact) mass is 572 g/mol. The molecule has 5 nitrogen and oxygen atoms in total. The van der Waals surface area contributed by atoms with E-state index >= 15 is 0 Å². The fraction of sp³-hybridized carbons (Fsp3) is 0.364. The van der Waals surface area contributed by atoms with Crippen molar-refractivity contribution < 1.29 is 14.3 Å². The van der Waals surface area contributed by atoms with Crippen LogP contribution in [0.3, 0.4) is 0 Å². The highest BCUT2D eigenvalue weighted by molar-refractivity contribution is 14.1. The molecule has 0 saturated carbocycles. The van der Waals surface area contributed by atoms with Gasteiger partial charge in [-0.1, -0.05) is 28.1 Å². The van der Waals surface area contributed by atoms with Crippen molar-refractivity contribution in [2.24, 2.45) is 0 Å². The highest BCUT2D eigenvalue weighted by atomic mass is 127. The summed E-state index contributed by atoms with van der Waals surface area (Å²) < 4.78 is 7.67. The lowest BCUT2D eigenvalue weighted by Crippen LogP contribution is -2.53. The van der Waals surface area contributed by atoms with Crippen LogP contribution in [0.2, 0.25) is 0 Å². The standard InChI is InChI=1S/C22H26BrIN2O3/c1-15(21(28)25-22(2,3)4)26(13-16-6-5-7-17(23)12-16)20(27)14-29-19-10-8-18(24)9-11-19/h5-12,15H,13-14H2,1-4H3,(H,25,28)/t15-/m0/s1. The van der Waals surface area contributed by atoms with Crippen molar-refractivity contribution in [3.8, 4) is 5.75 Å². The molecular formula is C22H26BrIN2O3. The molecule has 0 bridgehead atoms. The number of halogens is 2. The van der Waals surface area contributed by atoms with E-state index in [9.17, 15) is 9.59 Å². The maximum absolute atomic E-state index is 13.0. The summed E-state index contributed by atoms with van der Waals surface area (Å²) in [4.78, 5) is 27.3. The molecule has 0 aliphatic rings. The molecule has 2 amide bonds. The van der Waals surface area contributed by atoms with E-state index < -0.39 is 6.04 Å². The van der Waals surface area contributed by atoms with Gasteiger partial charge in [-0.05, 0) is 92.2 Å². The van der Waals surface area contributed by atoms with E-state index in [1.165, 1.54) is 0 Å². The minimum atomic E-state index is -0.638. The van der Waals surface area contributed by atoms with Crippen LogP contribution in [0.15, 0.2) is 53.0 Å². The zero-order chi connectivity index (χ0) is 21.6. The van der Waals surface area contributed by atoms with E-state index in [1.807, 2.05) is 69.3 Å². The molecule has 2 aromatic rings. The minimum Gasteiger partial charge on any atom is -0.484 e. The molecule has 0 radical (unpaired) electrons. The van der Waals surface area contributed by atoms with E-state index in [0.29, 0.717) is 12.3 Å². The van der Waals surface area contributed by atoms with Crippen molar-refractivity contribution in [3.63, 3.8) is 0 Å². The van der Waals surface area contributed by atoms with Crippen LogP contribution in [-0.2, 0) is 16.1 Å². The second kappa shape index (κ2) is 10.4. The Morgan fingerprint density at radius 2 is 1.83 bits per heavy atom. The van der Waals surface area contributed by atoms with Crippen LogP contribution in [0, 0.1) is 3.57 Å². The van der Waals surface area contributed by atoms with Gasteiger partial charge in [0.2, 0.25) is 5.91 Å². The van der Waals surface area contributed by atoms with Gasteiger partial charge in [0.25, 0.3) is 5.91 Å². The van der Waals surface area contributed by atoms with E-state index in [-0.39, 0.29) is 24.0 Å². The number of ether oxygens (including phenoxy) is 1. The second-order valence-electron chi connectivity index (χ2n) is 7.81. The lowest BCUT2D eigenvalue weighted by molar-refractivity contribution is -0.142. The molecule has 0 heterocycles. The first kappa shape index (κ1) is 23.7. The van der Waals surface area contributed by atoms with E-state index in [0.717, 1.165) is 13.6 Å². The molecule has 0 aliphatic heterocycles. The number of nitrogens with one attached hydrogen (secondary N) is 1. The molecular weight excluding hydrogens is 547 g/mol. The van der Waals surface area contributed by atoms with Gasteiger partial charge in [0.05, 0.1) is 0 Å². The van der Waals surface area contributed by atoms with Gasteiger partial charge >= 0.3 is 0 Å². The summed E-state index contributed by atoms with van der Waals surface area (Å²) in [5.41, 5.74) is 0.547. The zero-order valence-corrected chi connectivity index (χ0v) is 20.8. The molecule has 0 aliphatic carbocycles. The summed E-state index contributed by atoms with van der Waals surface area (Å²) in [6.07, 6.45) is 0. The fourth-order valence-corrected chi connectivity index (χ4v) is 3.45. The summed E-state index contributed by atoms with van der Waals surface area (Å²) in [7, 11) is 0. The number of amides is 2. The van der Waals surface area contributed by atoms with Crippen molar-refractivity contribution in [2.45, 2.75) is 45.8 Å². The molecule has 0 aromatic heterocycles. The van der Waals surface area contributed by atoms with Crippen molar-refractivity contribution in [1.82, 2.24) is 10.2 Å². The first-order valence-corrected chi connectivity index (χ1v) is 11.2. The van der Waals surface area contributed by atoms with Gasteiger partial charge in [-0.2, -0.15) is 0 Å². The predicted molar refractivity (Wildman–Crippen MR) is 127 cm³/mol. The predicted octanol–water partition coefficient (Wildman–Crippen LogP) is 4.76. The molecule has 2 aromatic carbocycles. The van der Waals surface area contributed by atoms with Crippen molar-refractivity contribution >= 4 is 50.3 Å². The highest BCUT2D eigenvalue weighted by Crippen LogP contribution is 2.17. The van der Waals surface area contributed by atoms with E-state index in [1.54, 1.807) is 11.8 Å². The molecule has 0 saturated heterocycles. The maximum atomic E-state index is 13.0. The Hall–Kier alpha value is -1.61. The molecule has 29 heavy (non-hydrogen) atoms. The second-order valence-corrected chi connectivity index (χ2v) is 9.97. The number of nitrogens with zero attached hydrogens (tertiary/aromatic N) is 1. The summed E-state index contributed by atoms with van der Waals surface area (Å²) in [5, 5.41) is 2.95. The fourth-order valence-electron chi connectivity index (χ4n) is 2.65. The van der Waals surface area contributed by atoms with Crippen LogP contribution in [0.25, 0.3) is 0 Å². The molecule has 2 rings (SSSR count). The SMILES string of the molecule is C[C@@H](C(=O)NC(C)(C)C)N(Cc1cccc(Br)c1)C(=O)COc1ccc(I)cc1. The summed E-state index contributed by atoms with van der Waals surface area (Å²) >= 11 is 5.67. The van der Waals surface area contributed by atoms with Gasteiger partial charge in [-0.3, -0.25) is 9.59 Å². The number of hydrogen-bond acceptors (Lipinski definition) is 3. The molecule has 0 fully saturated rings. The van der Waals surface area contributed by atoms with E-state index in [4.69, 9.17) is 4.74 Å². The maximum Gasteiger partial charge on any atom is 0.261 e. The van der Waals surface area contributed by atoms with Crippen LogP contribution in [-0.4, -0.2) is 34.9 Å². The van der Waals surface area contributed by atoms with Crippen molar-refractivity contribution in [1.29, 1.82) is 0 Å². The molecule has 0 spiro atoms. The number of hydrogen-bond donors (Lipinski definition) is 1. The van der Waals surface area contributed by atoms with Gasteiger partial charge < -0.3 is 15.0 Å². The average Bonchev–Trinajstić information content (AvgIpc) is 2.63. The zero-order valence-electron chi connectivity index (χ0n) is 17.0. The molecule has 1 atom stereocenters. The minimum absolute atomic E-state index is 0.137. The van der Waals surface area contributed by atoms with Gasteiger partial charge in [0.1, 0.15) is 11.8 Å². The Balaban J connectivity index is 2.16. The topological polar surface area (TPSA) is 58.6 Å². The van der Waals surface area contributed by atoms with Crippen LogP contribution < -0.4 is 10.1 Å². The van der Waals surface area contributed by atoms with Crippen molar-refractivity contribution in [2.75, 3.05) is 6.61 Å². The normalized spacial score (nSPS) is 12.2. The summed E-state index contributed by atoms with van der Waals surface area (Å²) in [6.45, 7) is 7.66. The first-order valence-electron chi connectivity index (χ1n) is 9.29. The number of benzene rings is 2. The van der Waals surface area contributed by atoms with Gasteiger partial charge in [0, 0.05) is 20.1 Å². The Morgan fingerprint density at radius 1 is 1.17 bits per heavy atom. The van der Waals surface area contributed by atoms with E-state index in [2.05, 4.69) is 43.8 Å². The molecule has 156 valence electrons. The van der Waals surface area contributed by atoms with Crippen molar-refractivity contribution in [3.05, 3.63) is 62.1 Å². The quantitative estimate of drug-likeness (QED) is 0.487. The number of rotatable bonds is 7. The van der Waals surface area contributed by atoms with Gasteiger partial charge in [0.15, 0.2) is 6.61 Å². The summed E-state index contributed by atoms with van der Waals surface area (Å²) in [6, 6.07) is 14.5. The van der Waals surface area contributed by atoms with Crippen LogP contribution in [0.5, 0.6) is 5.75 Å². The first-order chi connectivity index (χ1) is 13.5. The van der Waals surface area contributed by atoms with Gasteiger partial charge in [-0.25, -0.2) is 0 Å². The largest absolute Gasteiger partial charge is 0.484 e. The number of carbonyl (C=O) groups excluding carboxylic acids is 2. The van der Waals surface area contributed by atoms with Crippen LogP contribution >= 0.6 is 38.5 Å². The smallest absolute Gasteiger partial charge is 0.261 e. The molecule has 7 heteroatoms. The Kier molecular flexibility index (Phi) is 8.51. The lowest BCUT2D eigenvalue weighted by atomic mass is 10.1. The highest BCUT2D eigenvalue weighted by Gasteiger charge is 2.28. The number of carbonyl (C=O) groups is 2.